The molecule has 0 bridgehead atoms. The number of hydrogen-bond donors (Lipinski definition) is 1. The Kier molecular flexibility index (Phi) is 5.51. The topological polar surface area (TPSA) is 35.2 Å². The van der Waals surface area contributed by atoms with Gasteiger partial charge in [-0.3, -0.25) is 0 Å². The quantitative estimate of drug-likeness (QED) is 0.628. The molecule has 2 N–H and O–H groups in total. The molecule has 2 nitrogen and oxygen atoms in total. The van der Waals surface area contributed by atoms with Crippen LogP contribution in [0.25, 0.3) is 0 Å². The van der Waals surface area contributed by atoms with Crippen LogP contribution in [0.3, 0.4) is 0 Å². The minimum absolute atomic E-state index is 0.00982. The predicted molar refractivity (Wildman–Crippen MR) is 67.3 cm³/mol. The Hall–Kier alpha value is -1.53. The first kappa shape index (κ1) is 13.5. The second kappa shape index (κ2) is 6.93. The zero-order valence-electron chi connectivity index (χ0n) is 10.3. The van der Waals surface area contributed by atoms with Crippen LogP contribution in [0.1, 0.15) is 25.8 Å². The van der Waals surface area contributed by atoms with Crippen molar-refractivity contribution in [3.63, 3.8) is 0 Å². The molecular formula is C14H18FNO. The third kappa shape index (κ3) is 5.37. The normalized spacial score (nSPS) is 11.5. The Balaban J connectivity index is 2.64. The van der Waals surface area contributed by atoms with E-state index in [-0.39, 0.29) is 11.9 Å². The van der Waals surface area contributed by atoms with E-state index in [1.165, 1.54) is 12.1 Å². The highest BCUT2D eigenvalue weighted by Crippen LogP contribution is 2.17. The van der Waals surface area contributed by atoms with Crippen LogP contribution in [0.5, 0.6) is 5.75 Å². The molecule has 0 aromatic heterocycles. The van der Waals surface area contributed by atoms with Gasteiger partial charge >= 0.3 is 0 Å². The van der Waals surface area contributed by atoms with Crippen LogP contribution < -0.4 is 10.5 Å². The molecule has 0 aliphatic heterocycles. The first-order valence-corrected chi connectivity index (χ1v) is 5.69. The number of benzene rings is 1. The number of rotatable bonds is 5. The van der Waals surface area contributed by atoms with E-state index in [0.717, 1.165) is 5.56 Å². The molecule has 1 atom stereocenters. The van der Waals surface area contributed by atoms with E-state index in [0.29, 0.717) is 25.2 Å². The SMILES string of the molecule is CC#CCCOc1cc(F)cc(CC(C)N)c1. The van der Waals surface area contributed by atoms with Gasteiger partial charge in [0, 0.05) is 18.5 Å². The van der Waals surface area contributed by atoms with Gasteiger partial charge in [-0.15, -0.1) is 11.8 Å². The summed E-state index contributed by atoms with van der Waals surface area (Å²) < 4.78 is 18.7. The van der Waals surface area contributed by atoms with Gasteiger partial charge in [-0.1, -0.05) is 0 Å². The first-order chi connectivity index (χ1) is 8.11. The summed E-state index contributed by atoms with van der Waals surface area (Å²) in [6.07, 6.45) is 1.29. The standard InChI is InChI=1S/C14H18FNO/c1-3-4-5-6-17-14-9-12(7-11(2)16)8-13(15)10-14/h8-11H,5-7,16H2,1-2H3. The molecule has 17 heavy (non-hydrogen) atoms. The molecule has 0 heterocycles. The number of ether oxygens (including phenoxy) is 1. The minimum Gasteiger partial charge on any atom is -0.492 e. The zero-order valence-corrected chi connectivity index (χ0v) is 10.3. The Morgan fingerprint density at radius 1 is 1.41 bits per heavy atom. The molecule has 0 amide bonds. The molecule has 0 spiro atoms. The molecule has 1 unspecified atom stereocenters. The monoisotopic (exact) mass is 235 g/mol. The van der Waals surface area contributed by atoms with Crippen molar-refractivity contribution < 1.29 is 9.13 Å². The fraction of sp³-hybridized carbons (Fsp3) is 0.429. The number of halogens is 1. The molecule has 0 saturated carbocycles. The summed E-state index contributed by atoms with van der Waals surface area (Å²) in [7, 11) is 0. The minimum atomic E-state index is -0.292. The van der Waals surface area contributed by atoms with Crippen LogP contribution in [0.4, 0.5) is 4.39 Å². The van der Waals surface area contributed by atoms with Crippen molar-refractivity contribution in [2.45, 2.75) is 32.7 Å². The summed E-state index contributed by atoms with van der Waals surface area (Å²) in [4.78, 5) is 0. The maximum absolute atomic E-state index is 13.3. The van der Waals surface area contributed by atoms with Gasteiger partial charge in [0.15, 0.2) is 0 Å². The van der Waals surface area contributed by atoms with Crippen molar-refractivity contribution in [3.05, 3.63) is 29.6 Å². The summed E-state index contributed by atoms with van der Waals surface area (Å²) in [5.74, 6) is 5.92. The predicted octanol–water partition coefficient (Wildman–Crippen LogP) is 2.51. The van der Waals surface area contributed by atoms with Crippen LogP contribution in [-0.2, 0) is 6.42 Å². The highest BCUT2D eigenvalue weighted by atomic mass is 19.1. The van der Waals surface area contributed by atoms with Crippen LogP contribution in [0.2, 0.25) is 0 Å². The molecule has 3 heteroatoms. The Morgan fingerprint density at radius 3 is 2.82 bits per heavy atom. The average Bonchev–Trinajstić information content (AvgIpc) is 2.22. The van der Waals surface area contributed by atoms with E-state index in [9.17, 15) is 4.39 Å². The summed E-state index contributed by atoms with van der Waals surface area (Å²) >= 11 is 0. The fourth-order valence-electron chi connectivity index (χ4n) is 1.54. The Bertz CT molecular complexity index is 418. The second-order valence-corrected chi connectivity index (χ2v) is 4.00. The zero-order chi connectivity index (χ0) is 12.7. The molecule has 1 aromatic rings. The van der Waals surface area contributed by atoms with Gasteiger partial charge < -0.3 is 10.5 Å². The average molecular weight is 235 g/mol. The molecular weight excluding hydrogens is 217 g/mol. The van der Waals surface area contributed by atoms with E-state index in [4.69, 9.17) is 10.5 Å². The lowest BCUT2D eigenvalue weighted by Crippen LogP contribution is -2.17. The van der Waals surface area contributed by atoms with Gasteiger partial charge in [-0.25, -0.2) is 4.39 Å². The Morgan fingerprint density at radius 2 is 2.18 bits per heavy atom. The molecule has 0 aliphatic rings. The van der Waals surface area contributed by atoms with Crippen molar-refractivity contribution >= 4 is 0 Å². The van der Waals surface area contributed by atoms with Gasteiger partial charge in [-0.2, -0.15) is 0 Å². The van der Waals surface area contributed by atoms with E-state index in [1.807, 2.05) is 13.0 Å². The largest absolute Gasteiger partial charge is 0.492 e. The van der Waals surface area contributed by atoms with Crippen LogP contribution in [0, 0.1) is 17.7 Å². The number of hydrogen-bond acceptors (Lipinski definition) is 2. The summed E-state index contributed by atoms with van der Waals surface area (Å²) in [5.41, 5.74) is 6.54. The van der Waals surface area contributed by atoms with Crippen molar-refractivity contribution in [1.82, 2.24) is 0 Å². The number of nitrogens with two attached hydrogens (primary N) is 1. The smallest absolute Gasteiger partial charge is 0.127 e. The van der Waals surface area contributed by atoms with Gasteiger partial charge in [0.25, 0.3) is 0 Å². The van der Waals surface area contributed by atoms with Gasteiger partial charge in [0.2, 0.25) is 0 Å². The van der Waals surface area contributed by atoms with Crippen molar-refractivity contribution in [1.29, 1.82) is 0 Å². The van der Waals surface area contributed by atoms with E-state index >= 15 is 0 Å². The molecule has 92 valence electrons. The van der Waals surface area contributed by atoms with Gasteiger partial charge in [0.1, 0.15) is 11.6 Å². The summed E-state index contributed by atoms with van der Waals surface area (Å²) in [6, 6.07) is 4.70. The maximum atomic E-state index is 13.3. The summed E-state index contributed by atoms with van der Waals surface area (Å²) in [5, 5.41) is 0. The second-order valence-electron chi connectivity index (χ2n) is 4.00. The van der Waals surface area contributed by atoms with Crippen molar-refractivity contribution in [2.75, 3.05) is 6.61 Å². The molecule has 0 aliphatic carbocycles. The van der Waals surface area contributed by atoms with Gasteiger partial charge in [0.05, 0.1) is 6.61 Å². The van der Waals surface area contributed by atoms with Crippen LogP contribution in [0.15, 0.2) is 18.2 Å². The lowest BCUT2D eigenvalue weighted by atomic mass is 10.1. The van der Waals surface area contributed by atoms with Crippen molar-refractivity contribution in [3.8, 4) is 17.6 Å². The first-order valence-electron chi connectivity index (χ1n) is 5.69. The fourth-order valence-corrected chi connectivity index (χ4v) is 1.54. The molecule has 1 aromatic carbocycles. The van der Waals surface area contributed by atoms with Crippen molar-refractivity contribution in [2.24, 2.45) is 5.73 Å². The molecule has 0 fully saturated rings. The molecule has 0 saturated heterocycles. The van der Waals surface area contributed by atoms with E-state index in [1.54, 1.807) is 6.92 Å². The third-order valence-electron chi connectivity index (χ3n) is 2.16. The van der Waals surface area contributed by atoms with E-state index in [2.05, 4.69) is 11.8 Å². The Labute approximate surface area is 102 Å². The lowest BCUT2D eigenvalue weighted by Gasteiger charge is -2.09. The van der Waals surface area contributed by atoms with Crippen LogP contribution >= 0.6 is 0 Å². The highest BCUT2D eigenvalue weighted by Gasteiger charge is 2.04. The highest BCUT2D eigenvalue weighted by molar-refractivity contribution is 5.30. The lowest BCUT2D eigenvalue weighted by molar-refractivity contribution is 0.325. The molecule has 1 rings (SSSR count). The van der Waals surface area contributed by atoms with Crippen LogP contribution in [-0.4, -0.2) is 12.6 Å². The van der Waals surface area contributed by atoms with E-state index < -0.39 is 0 Å². The third-order valence-corrected chi connectivity index (χ3v) is 2.16. The molecule has 0 radical (unpaired) electrons. The van der Waals surface area contributed by atoms with Gasteiger partial charge in [-0.05, 0) is 38.0 Å². The maximum Gasteiger partial charge on any atom is 0.127 e. The summed E-state index contributed by atoms with van der Waals surface area (Å²) in [6.45, 7) is 4.15.